The minimum atomic E-state index is -1.13. The number of ether oxygens (including phenoxy) is 1. The van der Waals surface area contributed by atoms with Gasteiger partial charge in [0.05, 0.1) is 36.6 Å². The molecule has 0 bridgehead atoms. The first-order chi connectivity index (χ1) is 14.8. The fourth-order valence-electron chi connectivity index (χ4n) is 3.22. The number of nitrogens with one attached hydrogen (secondary N) is 1. The quantitative estimate of drug-likeness (QED) is 0.581. The molecule has 2 aromatic carbocycles. The van der Waals surface area contributed by atoms with E-state index < -0.39 is 5.97 Å². The first kappa shape index (κ1) is 23.0. The van der Waals surface area contributed by atoms with Crippen LogP contribution in [0, 0.1) is 0 Å². The number of hydrogen-bond donors (Lipinski definition) is 2. The van der Waals surface area contributed by atoms with Crippen molar-refractivity contribution >= 4 is 52.4 Å². The van der Waals surface area contributed by atoms with Crippen molar-refractivity contribution in [2.45, 2.75) is 6.54 Å². The third-order valence-corrected chi connectivity index (χ3v) is 5.39. The van der Waals surface area contributed by atoms with Crippen LogP contribution < -0.4 is 15.1 Å². The van der Waals surface area contributed by atoms with Gasteiger partial charge >= 0.3 is 5.97 Å². The largest absolute Gasteiger partial charge is 0.478 e. The summed E-state index contributed by atoms with van der Waals surface area (Å²) in [6, 6.07) is 9.30. The first-order valence-electron chi connectivity index (χ1n) is 9.43. The van der Waals surface area contributed by atoms with E-state index in [-0.39, 0.29) is 37.0 Å². The van der Waals surface area contributed by atoms with Crippen molar-refractivity contribution in [2.75, 3.05) is 43.2 Å². The molecule has 0 aromatic heterocycles. The van der Waals surface area contributed by atoms with E-state index in [1.807, 2.05) is 0 Å². The molecule has 2 N–H and O–H groups in total. The summed E-state index contributed by atoms with van der Waals surface area (Å²) in [5.74, 6) is -1.79. The Balaban J connectivity index is 1.94. The van der Waals surface area contributed by atoms with E-state index >= 15 is 0 Å². The Bertz CT molecular complexity index is 1010. The zero-order valence-corrected chi connectivity index (χ0v) is 18.2. The molecule has 3 rings (SSSR count). The van der Waals surface area contributed by atoms with E-state index in [2.05, 4.69) is 5.32 Å². The van der Waals surface area contributed by atoms with Gasteiger partial charge in [-0.1, -0.05) is 29.3 Å². The molecule has 0 spiro atoms. The number of aromatic carboxylic acids is 1. The minimum Gasteiger partial charge on any atom is -0.478 e. The topological polar surface area (TPSA) is 99.2 Å². The lowest BCUT2D eigenvalue weighted by atomic mass is 10.1. The monoisotopic (exact) mass is 465 g/mol. The van der Waals surface area contributed by atoms with Crippen LogP contribution in [0.4, 0.5) is 11.4 Å². The van der Waals surface area contributed by atoms with Crippen molar-refractivity contribution in [3.8, 4) is 0 Å². The van der Waals surface area contributed by atoms with Crippen LogP contribution in [-0.2, 0) is 20.9 Å². The van der Waals surface area contributed by atoms with Crippen molar-refractivity contribution in [1.29, 1.82) is 0 Å². The molecule has 2 amide bonds. The van der Waals surface area contributed by atoms with Gasteiger partial charge in [0.15, 0.2) is 0 Å². The molecule has 0 fully saturated rings. The fraction of sp³-hybridized carbons (Fsp3) is 0.286. The number of carboxylic acids is 1. The highest BCUT2D eigenvalue weighted by atomic mass is 35.5. The maximum atomic E-state index is 13.0. The summed E-state index contributed by atoms with van der Waals surface area (Å²) in [5.41, 5.74) is 1.47. The van der Waals surface area contributed by atoms with Crippen LogP contribution in [0.1, 0.15) is 15.9 Å². The van der Waals surface area contributed by atoms with Crippen molar-refractivity contribution in [3.63, 3.8) is 0 Å². The van der Waals surface area contributed by atoms with Crippen LogP contribution in [0.25, 0.3) is 0 Å². The molecule has 1 heterocycles. The Morgan fingerprint density at radius 1 is 1.16 bits per heavy atom. The summed E-state index contributed by atoms with van der Waals surface area (Å²) in [4.78, 5) is 40.0. The van der Waals surface area contributed by atoms with Gasteiger partial charge in [0, 0.05) is 23.7 Å². The van der Waals surface area contributed by atoms with Gasteiger partial charge in [0.25, 0.3) is 0 Å². The molecule has 0 saturated carbocycles. The van der Waals surface area contributed by atoms with Gasteiger partial charge in [-0.15, -0.1) is 0 Å². The van der Waals surface area contributed by atoms with Gasteiger partial charge in [0.2, 0.25) is 11.8 Å². The molecule has 164 valence electrons. The third-order valence-electron chi connectivity index (χ3n) is 4.80. The lowest BCUT2D eigenvalue weighted by molar-refractivity contribution is -0.122. The molecule has 31 heavy (non-hydrogen) atoms. The highest BCUT2D eigenvalue weighted by Gasteiger charge is 2.33. The molecule has 0 aliphatic carbocycles. The Morgan fingerprint density at radius 3 is 2.61 bits per heavy atom. The fourth-order valence-corrected chi connectivity index (χ4v) is 3.69. The lowest BCUT2D eigenvalue weighted by Gasteiger charge is -2.36. The number of benzene rings is 2. The zero-order valence-electron chi connectivity index (χ0n) is 16.7. The van der Waals surface area contributed by atoms with E-state index in [0.29, 0.717) is 40.1 Å². The van der Waals surface area contributed by atoms with Crippen molar-refractivity contribution < 1.29 is 24.2 Å². The number of halogens is 2. The Hall–Kier alpha value is -2.65. The zero-order chi connectivity index (χ0) is 22.5. The third kappa shape index (κ3) is 5.34. The SMILES string of the molecule is COCCNCC(=O)N1CC(=O)N(Cc2ccc(Cl)cc2Cl)c2ccc(C(=O)O)cc21. The minimum absolute atomic E-state index is 0.0164. The normalized spacial score (nSPS) is 13.3. The van der Waals surface area contributed by atoms with Gasteiger partial charge in [-0.25, -0.2) is 4.79 Å². The van der Waals surface area contributed by atoms with Crippen LogP contribution in [0.3, 0.4) is 0 Å². The second-order valence-corrected chi connectivity index (χ2v) is 7.72. The van der Waals surface area contributed by atoms with Crippen LogP contribution in [0.2, 0.25) is 10.0 Å². The maximum Gasteiger partial charge on any atom is 0.335 e. The van der Waals surface area contributed by atoms with E-state index in [1.165, 1.54) is 28.0 Å². The molecule has 0 saturated heterocycles. The van der Waals surface area contributed by atoms with Gasteiger partial charge in [0.1, 0.15) is 6.54 Å². The number of carboxylic acid groups (broad SMARTS) is 1. The molecule has 0 atom stereocenters. The Labute approximate surface area is 189 Å². The number of methoxy groups -OCH3 is 1. The summed E-state index contributed by atoms with van der Waals surface area (Å²) in [6.07, 6.45) is 0. The standard InChI is InChI=1S/C21H21Cl2N3O5/c1-31-7-6-24-10-19(27)26-12-20(28)25(11-14-2-4-15(22)9-16(14)23)17-5-3-13(21(29)30)8-18(17)26/h2-5,8-9,24H,6-7,10-12H2,1H3,(H,29,30). The molecule has 10 heteroatoms. The van der Waals surface area contributed by atoms with Crippen LogP contribution >= 0.6 is 23.2 Å². The predicted octanol–water partition coefficient (Wildman–Crippen LogP) is 2.81. The van der Waals surface area contributed by atoms with Gasteiger partial charge < -0.3 is 20.1 Å². The number of hydrogen-bond acceptors (Lipinski definition) is 5. The highest BCUT2D eigenvalue weighted by molar-refractivity contribution is 6.35. The number of amides is 2. The van der Waals surface area contributed by atoms with E-state index in [4.69, 9.17) is 27.9 Å². The summed E-state index contributed by atoms with van der Waals surface area (Å²) in [7, 11) is 1.55. The van der Waals surface area contributed by atoms with Crippen LogP contribution in [0.5, 0.6) is 0 Å². The second-order valence-electron chi connectivity index (χ2n) is 6.87. The van der Waals surface area contributed by atoms with E-state index in [9.17, 15) is 19.5 Å². The highest BCUT2D eigenvalue weighted by Crippen LogP contribution is 2.36. The molecule has 8 nitrogen and oxygen atoms in total. The lowest BCUT2D eigenvalue weighted by Crippen LogP contribution is -2.50. The number of nitrogens with zero attached hydrogens (tertiary/aromatic N) is 2. The molecule has 0 unspecified atom stereocenters. The first-order valence-corrected chi connectivity index (χ1v) is 10.2. The van der Waals surface area contributed by atoms with Crippen molar-refractivity contribution in [1.82, 2.24) is 5.32 Å². The smallest absolute Gasteiger partial charge is 0.335 e. The second kappa shape index (κ2) is 10.1. The Kier molecular flexibility index (Phi) is 7.50. The number of carbonyl (C=O) groups is 3. The van der Waals surface area contributed by atoms with Crippen molar-refractivity contribution in [3.05, 3.63) is 57.6 Å². The van der Waals surface area contributed by atoms with Gasteiger partial charge in [-0.3, -0.25) is 14.5 Å². The number of anilines is 2. The molecule has 2 aromatic rings. The molecule has 1 aliphatic rings. The molecular formula is C21H21Cl2N3O5. The maximum absolute atomic E-state index is 13.0. The average Bonchev–Trinajstić information content (AvgIpc) is 2.73. The van der Waals surface area contributed by atoms with Gasteiger partial charge in [-0.05, 0) is 35.9 Å². The number of carbonyl (C=O) groups excluding carboxylic acids is 2. The van der Waals surface area contributed by atoms with Gasteiger partial charge in [-0.2, -0.15) is 0 Å². The summed E-state index contributed by atoms with van der Waals surface area (Å²) in [6.45, 7) is 0.819. The molecule has 0 radical (unpaired) electrons. The summed E-state index contributed by atoms with van der Waals surface area (Å²) >= 11 is 12.2. The molecular weight excluding hydrogens is 445 g/mol. The van der Waals surface area contributed by atoms with Crippen LogP contribution in [-0.4, -0.2) is 56.2 Å². The Morgan fingerprint density at radius 2 is 1.94 bits per heavy atom. The van der Waals surface area contributed by atoms with E-state index in [1.54, 1.807) is 25.3 Å². The number of rotatable bonds is 8. The van der Waals surface area contributed by atoms with Crippen molar-refractivity contribution in [2.24, 2.45) is 0 Å². The average molecular weight is 466 g/mol. The summed E-state index contributed by atoms with van der Waals surface area (Å²) in [5, 5.41) is 13.2. The molecule has 1 aliphatic heterocycles. The van der Waals surface area contributed by atoms with E-state index in [0.717, 1.165) is 0 Å². The number of fused-ring (bicyclic) bond motifs is 1. The summed E-state index contributed by atoms with van der Waals surface area (Å²) < 4.78 is 4.94. The van der Waals surface area contributed by atoms with Crippen LogP contribution in [0.15, 0.2) is 36.4 Å². The predicted molar refractivity (Wildman–Crippen MR) is 118 cm³/mol.